The van der Waals surface area contributed by atoms with Gasteiger partial charge in [-0.3, -0.25) is 9.79 Å². The summed E-state index contributed by atoms with van der Waals surface area (Å²) in [4.78, 5) is 16.1. The third-order valence-electron chi connectivity index (χ3n) is 2.97. The topological polar surface area (TPSA) is 50.7 Å². The van der Waals surface area contributed by atoms with E-state index in [-0.39, 0.29) is 5.91 Å². The van der Waals surface area contributed by atoms with Crippen molar-refractivity contribution in [2.45, 2.75) is 6.42 Å². The minimum atomic E-state index is -0.0961. The van der Waals surface area contributed by atoms with Crippen molar-refractivity contribution < 1.29 is 9.53 Å². The van der Waals surface area contributed by atoms with Crippen molar-refractivity contribution in [3.8, 4) is 5.75 Å². The number of hydrogen-bond donors (Lipinski definition) is 1. The number of nitrogens with one attached hydrogen (secondary N) is 1. The number of benzene rings is 1. The Kier molecular flexibility index (Phi) is 2.48. The molecule has 0 saturated carbocycles. The molecular weight excluding hydrogens is 228 g/mol. The SMILES string of the molecule is COc1ccc2c(c1)/C(=C/C1=CCC=N1)C(=O)N2. The van der Waals surface area contributed by atoms with Crippen LogP contribution in [0.1, 0.15) is 12.0 Å². The van der Waals surface area contributed by atoms with Crippen LogP contribution in [0.5, 0.6) is 5.75 Å². The van der Waals surface area contributed by atoms with Crippen LogP contribution in [0, 0.1) is 0 Å². The number of amides is 1. The predicted octanol–water partition coefficient (Wildman–Crippen LogP) is 2.39. The van der Waals surface area contributed by atoms with Crippen molar-refractivity contribution in [2.75, 3.05) is 12.4 Å². The van der Waals surface area contributed by atoms with Crippen LogP contribution in [-0.4, -0.2) is 19.2 Å². The Bertz CT molecular complexity index is 612. The summed E-state index contributed by atoms with van der Waals surface area (Å²) in [5, 5.41) is 2.83. The van der Waals surface area contributed by atoms with Gasteiger partial charge in [0.25, 0.3) is 5.91 Å². The second-order valence-corrected chi connectivity index (χ2v) is 4.10. The molecule has 0 saturated heterocycles. The molecule has 4 heteroatoms. The lowest BCUT2D eigenvalue weighted by molar-refractivity contribution is -0.110. The molecule has 2 aliphatic rings. The Morgan fingerprint density at radius 3 is 3.06 bits per heavy atom. The minimum Gasteiger partial charge on any atom is -0.497 e. The first-order chi connectivity index (χ1) is 8.78. The molecule has 1 aromatic carbocycles. The quantitative estimate of drug-likeness (QED) is 0.807. The van der Waals surface area contributed by atoms with Crippen molar-refractivity contribution in [1.82, 2.24) is 0 Å². The van der Waals surface area contributed by atoms with Crippen molar-refractivity contribution >= 4 is 23.4 Å². The number of allylic oxidation sites excluding steroid dienone is 2. The molecule has 0 fully saturated rings. The van der Waals surface area contributed by atoms with Gasteiger partial charge >= 0.3 is 0 Å². The van der Waals surface area contributed by atoms with E-state index in [0.717, 1.165) is 29.1 Å². The Morgan fingerprint density at radius 1 is 1.44 bits per heavy atom. The summed E-state index contributed by atoms with van der Waals surface area (Å²) in [5.74, 6) is 0.640. The first-order valence-corrected chi connectivity index (χ1v) is 5.72. The average molecular weight is 240 g/mol. The van der Waals surface area contributed by atoms with E-state index >= 15 is 0 Å². The van der Waals surface area contributed by atoms with E-state index in [1.807, 2.05) is 36.6 Å². The number of methoxy groups -OCH3 is 1. The van der Waals surface area contributed by atoms with Crippen LogP contribution < -0.4 is 10.1 Å². The average Bonchev–Trinajstić information content (AvgIpc) is 2.99. The van der Waals surface area contributed by atoms with Gasteiger partial charge in [0.2, 0.25) is 0 Å². The number of aliphatic imine (C=N–C) groups is 1. The first-order valence-electron chi connectivity index (χ1n) is 5.72. The first kappa shape index (κ1) is 10.8. The van der Waals surface area contributed by atoms with E-state index in [1.165, 1.54) is 0 Å². The summed E-state index contributed by atoms with van der Waals surface area (Å²) in [6.07, 6.45) is 6.44. The highest BCUT2D eigenvalue weighted by Gasteiger charge is 2.24. The van der Waals surface area contributed by atoms with Gasteiger partial charge in [-0.05, 0) is 24.3 Å². The lowest BCUT2D eigenvalue weighted by Gasteiger charge is -2.02. The van der Waals surface area contributed by atoms with Crippen LogP contribution in [0.3, 0.4) is 0 Å². The summed E-state index contributed by atoms with van der Waals surface area (Å²) < 4.78 is 5.18. The molecule has 0 bridgehead atoms. The summed E-state index contributed by atoms with van der Waals surface area (Å²) in [6.45, 7) is 0. The van der Waals surface area contributed by atoms with Crippen molar-refractivity contribution in [1.29, 1.82) is 0 Å². The molecule has 18 heavy (non-hydrogen) atoms. The molecule has 0 aliphatic carbocycles. The summed E-state index contributed by atoms with van der Waals surface area (Å²) >= 11 is 0. The fourth-order valence-electron chi connectivity index (χ4n) is 2.07. The van der Waals surface area contributed by atoms with Gasteiger partial charge in [0.05, 0.1) is 18.4 Å². The largest absolute Gasteiger partial charge is 0.497 e. The molecular formula is C14H12N2O2. The lowest BCUT2D eigenvalue weighted by atomic mass is 10.1. The number of fused-ring (bicyclic) bond motifs is 1. The molecule has 2 aliphatic heterocycles. The Labute approximate surface area is 105 Å². The predicted molar refractivity (Wildman–Crippen MR) is 70.8 cm³/mol. The third-order valence-corrected chi connectivity index (χ3v) is 2.97. The van der Waals surface area contributed by atoms with E-state index in [9.17, 15) is 4.79 Å². The summed E-state index contributed by atoms with van der Waals surface area (Å²) in [6, 6.07) is 5.53. The van der Waals surface area contributed by atoms with Crippen LogP contribution >= 0.6 is 0 Å². The molecule has 0 unspecified atom stereocenters. The zero-order chi connectivity index (χ0) is 12.5. The normalized spacial score (nSPS) is 18.8. The van der Waals surface area contributed by atoms with Crippen molar-refractivity contribution in [2.24, 2.45) is 4.99 Å². The number of ether oxygens (including phenoxy) is 1. The molecule has 0 radical (unpaired) electrons. The molecule has 0 atom stereocenters. The third kappa shape index (κ3) is 1.72. The van der Waals surface area contributed by atoms with Crippen LogP contribution in [0.2, 0.25) is 0 Å². The summed E-state index contributed by atoms with van der Waals surface area (Å²) in [7, 11) is 1.61. The molecule has 3 rings (SSSR count). The smallest absolute Gasteiger partial charge is 0.256 e. The number of hydrogen-bond acceptors (Lipinski definition) is 3. The fraction of sp³-hybridized carbons (Fsp3) is 0.143. The monoisotopic (exact) mass is 240 g/mol. The van der Waals surface area contributed by atoms with Crippen molar-refractivity contribution in [3.05, 3.63) is 41.6 Å². The Balaban J connectivity index is 2.07. The summed E-state index contributed by atoms with van der Waals surface area (Å²) in [5.41, 5.74) is 3.14. The number of carbonyl (C=O) groups is 1. The van der Waals surface area contributed by atoms with Crippen LogP contribution in [-0.2, 0) is 4.79 Å². The van der Waals surface area contributed by atoms with Crippen LogP contribution in [0.15, 0.2) is 41.0 Å². The molecule has 4 nitrogen and oxygen atoms in total. The highest BCUT2D eigenvalue weighted by Crippen LogP contribution is 2.35. The maximum atomic E-state index is 11.9. The van der Waals surface area contributed by atoms with E-state index in [4.69, 9.17) is 4.74 Å². The number of anilines is 1. The minimum absolute atomic E-state index is 0.0961. The molecule has 90 valence electrons. The zero-order valence-corrected chi connectivity index (χ0v) is 9.93. The molecule has 1 N–H and O–H groups in total. The van der Waals surface area contributed by atoms with Gasteiger partial charge in [-0.25, -0.2) is 0 Å². The van der Waals surface area contributed by atoms with Gasteiger partial charge in [-0.15, -0.1) is 0 Å². The van der Waals surface area contributed by atoms with E-state index < -0.39 is 0 Å². The number of rotatable bonds is 2. The standard InChI is InChI=1S/C14H12N2O2/c1-18-10-4-5-13-11(8-10)12(14(17)16-13)7-9-3-2-6-15-9/h3-8H,2H2,1H3,(H,16,17)/b12-7-. The van der Waals surface area contributed by atoms with Gasteiger partial charge in [-0.2, -0.15) is 0 Å². The number of nitrogens with zero attached hydrogens (tertiary/aromatic N) is 1. The molecule has 1 aromatic rings. The second-order valence-electron chi connectivity index (χ2n) is 4.10. The van der Waals surface area contributed by atoms with E-state index in [1.54, 1.807) is 7.11 Å². The van der Waals surface area contributed by atoms with Gasteiger partial charge < -0.3 is 10.1 Å². The zero-order valence-electron chi connectivity index (χ0n) is 9.93. The molecule has 0 aromatic heterocycles. The van der Waals surface area contributed by atoms with Crippen molar-refractivity contribution in [3.63, 3.8) is 0 Å². The second kappa shape index (κ2) is 4.14. The van der Waals surface area contributed by atoms with Gasteiger partial charge in [-0.1, -0.05) is 6.08 Å². The van der Waals surface area contributed by atoms with E-state index in [2.05, 4.69) is 10.3 Å². The van der Waals surface area contributed by atoms with Gasteiger partial charge in [0.1, 0.15) is 5.75 Å². The molecule has 2 heterocycles. The highest BCUT2D eigenvalue weighted by molar-refractivity contribution is 6.32. The maximum Gasteiger partial charge on any atom is 0.256 e. The van der Waals surface area contributed by atoms with E-state index in [0.29, 0.717) is 5.57 Å². The number of carbonyl (C=O) groups excluding carboxylic acids is 1. The van der Waals surface area contributed by atoms with Gasteiger partial charge in [0.15, 0.2) is 0 Å². The fourth-order valence-corrected chi connectivity index (χ4v) is 2.07. The lowest BCUT2D eigenvalue weighted by Crippen LogP contribution is -2.03. The Morgan fingerprint density at radius 2 is 2.33 bits per heavy atom. The molecule has 1 amide bonds. The van der Waals surface area contributed by atoms with Crippen LogP contribution in [0.4, 0.5) is 5.69 Å². The Hall–Kier alpha value is -2.36. The van der Waals surface area contributed by atoms with Gasteiger partial charge in [0, 0.05) is 23.9 Å². The maximum absolute atomic E-state index is 11.9. The molecule has 0 spiro atoms. The van der Waals surface area contributed by atoms with Crippen LogP contribution in [0.25, 0.3) is 5.57 Å². The highest BCUT2D eigenvalue weighted by atomic mass is 16.5.